The van der Waals surface area contributed by atoms with Gasteiger partial charge in [-0.1, -0.05) is 6.92 Å². The molecule has 3 heteroatoms. The van der Waals surface area contributed by atoms with Crippen LogP contribution < -0.4 is 11.1 Å². The second kappa shape index (κ2) is 5.51. The minimum absolute atomic E-state index is 0.318. The highest BCUT2D eigenvalue weighted by Gasteiger charge is 2.23. The second-order valence-electron chi connectivity index (χ2n) is 3.40. The van der Waals surface area contributed by atoms with Crippen molar-refractivity contribution in [2.45, 2.75) is 38.4 Å². The van der Waals surface area contributed by atoms with Gasteiger partial charge in [0, 0.05) is 13.1 Å². The number of rotatable bonds is 5. The van der Waals surface area contributed by atoms with E-state index in [1.807, 2.05) is 0 Å². The van der Waals surface area contributed by atoms with Crippen molar-refractivity contribution in [2.75, 3.05) is 19.6 Å². The van der Waals surface area contributed by atoms with Gasteiger partial charge in [-0.15, -0.1) is 0 Å². The molecule has 2 unspecified atom stereocenters. The average Bonchev–Trinajstić information content (AvgIpc) is 2.53. The lowest BCUT2D eigenvalue weighted by molar-refractivity contribution is 0.0506. The van der Waals surface area contributed by atoms with Crippen LogP contribution in [0.5, 0.6) is 0 Å². The van der Waals surface area contributed by atoms with E-state index in [9.17, 15) is 0 Å². The van der Waals surface area contributed by atoms with Crippen LogP contribution in [0.1, 0.15) is 26.2 Å². The Hall–Kier alpha value is -0.120. The molecule has 2 atom stereocenters. The Morgan fingerprint density at radius 2 is 2.17 bits per heavy atom. The number of nitrogens with two attached hydrogens (primary N) is 1. The van der Waals surface area contributed by atoms with Crippen LogP contribution in [0.2, 0.25) is 0 Å². The quantitative estimate of drug-likeness (QED) is 0.593. The van der Waals surface area contributed by atoms with Crippen molar-refractivity contribution >= 4 is 0 Å². The lowest BCUT2D eigenvalue weighted by Gasteiger charge is -2.12. The van der Waals surface area contributed by atoms with Crippen LogP contribution in [0.15, 0.2) is 0 Å². The smallest absolute Gasteiger partial charge is 0.0704 e. The summed E-state index contributed by atoms with van der Waals surface area (Å²) < 4.78 is 5.67. The zero-order chi connectivity index (χ0) is 8.81. The van der Waals surface area contributed by atoms with Gasteiger partial charge in [-0.3, -0.25) is 0 Å². The van der Waals surface area contributed by atoms with Crippen molar-refractivity contribution < 1.29 is 4.74 Å². The largest absolute Gasteiger partial charge is 0.372 e. The molecule has 1 fully saturated rings. The molecule has 3 N–H and O–H groups in total. The molecule has 1 rings (SSSR count). The molecule has 0 bridgehead atoms. The molecule has 0 spiro atoms. The van der Waals surface area contributed by atoms with Gasteiger partial charge in [0.25, 0.3) is 0 Å². The summed E-state index contributed by atoms with van der Waals surface area (Å²) in [4.78, 5) is 0. The molecule has 0 aromatic rings. The van der Waals surface area contributed by atoms with Gasteiger partial charge in [0.05, 0.1) is 12.2 Å². The molecule has 0 amide bonds. The van der Waals surface area contributed by atoms with Gasteiger partial charge in [-0.05, 0) is 25.8 Å². The minimum Gasteiger partial charge on any atom is -0.372 e. The van der Waals surface area contributed by atoms with Crippen LogP contribution in [0, 0.1) is 0 Å². The van der Waals surface area contributed by atoms with Crippen LogP contribution in [0.4, 0.5) is 0 Å². The SMILES string of the molecule is CCCNCC1CCC(CN)O1. The predicted molar refractivity (Wildman–Crippen MR) is 50.1 cm³/mol. The van der Waals surface area contributed by atoms with Crippen LogP contribution in [0.3, 0.4) is 0 Å². The van der Waals surface area contributed by atoms with Crippen molar-refractivity contribution in [3.05, 3.63) is 0 Å². The Labute approximate surface area is 74.7 Å². The van der Waals surface area contributed by atoms with E-state index in [0.717, 1.165) is 19.5 Å². The van der Waals surface area contributed by atoms with E-state index in [1.54, 1.807) is 0 Å². The van der Waals surface area contributed by atoms with Crippen molar-refractivity contribution in [1.82, 2.24) is 5.32 Å². The van der Waals surface area contributed by atoms with Gasteiger partial charge in [-0.2, -0.15) is 0 Å². The minimum atomic E-state index is 0.318. The summed E-state index contributed by atoms with van der Waals surface area (Å²) in [5.74, 6) is 0. The lowest BCUT2D eigenvalue weighted by atomic mass is 10.2. The predicted octanol–water partition coefficient (Wildman–Crippen LogP) is 0.492. The first-order valence-corrected chi connectivity index (χ1v) is 4.93. The summed E-state index contributed by atoms with van der Waals surface area (Å²) >= 11 is 0. The maximum atomic E-state index is 5.67. The van der Waals surface area contributed by atoms with Crippen LogP contribution >= 0.6 is 0 Å². The van der Waals surface area contributed by atoms with Crippen molar-refractivity contribution in [3.8, 4) is 0 Å². The lowest BCUT2D eigenvalue weighted by Crippen LogP contribution is -2.29. The van der Waals surface area contributed by atoms with E-state index in [2.05, 4.69) is 12.2 Å². The van der Waals surface area contributed by atoms with E-state index < -0.39 is 0 Å². The first kappa shape index (κ1) is 9.96. The highest BCUT2D eigenvalue weighted by Crippen LogP contribution is 2.17. The third-order valence-electron chi connectivity index (χ3n) is 2.26. The molecule has 12 heavy (non-hydrogen) atoms. The zero-order valence-corrected chi connectivity index (χ0v) is 7.88. The Bertz CT molecular complexity index is 119. The summed E-state index contributed by atoms with van der Waals surface area (Å²) in [6.07, 6.45) is 4.21. The number of nitrogens with one attached hydrogen (secondary N) is 1. The summed E-state index contributed by atoms with van der Waals surface area (Å²) in [6, 6.07) is 0. The van der Waals surface area contributed by atoms with Gasteiger partial charge < -0.3 is 15.8 Å². The molecule has 1 saturated heterocycles. The first-order valence-electron chi connectivity index (χ1n) is 4.93. The van der Waals surface area contributed by atoms with Crippen molar-refractivity contribution in [3.63, 3.8) is 0 Å². The molecule has 0 aliphatic carbocycles. The third kappa shape index (κ3) is 3.09. The standard InChI is InChI=1S/C9H20N2O/c1-2-5-11-7-9-4-3-8(6-10)12-9/h8-9,11H,2-7,10H2,1H3. The Morgan fingerprint density at radius 1 is 1.42 bits per heavy atom. The third-order valence-corrected chi connectivity index (χ3v) is 2.26. The fourth-order valence-electron chi connectivity index (χ4n) is 1.54. The second-order valence-corrected chi connectivity index (χ2v) is 3.40. The highest BCUT2D eigenvalue weighted by molar-refractivity contribution is 4.75. The monoisotopic (exact) mass is 172 g/mol. The summed E-state index contributed by atoms with van der Waals surface area (Å²) in [5, 5.41) is 3.36. The molecule has 0 saturated carbocycles. The summed E-state index contributed by atoms with van der Waals surface area (Å²) in [7, 11) is 0. The fourth-order valence-corrected chi connectivity index (χ4v) is 1.54. The molecule has 3 nitrogen and oxygen atoms in total. The topological polar surface area (TPSA) is 47.3 Å². The first-order chi connectivity index (χ1) is 5.86. The van der Waals surface area contributed by atoms with E-state index in [4.69, 9.17) is 10.5 Å². The highest BCUT2D eigenvalue weighted by atomic mass is 16.5. The van der Waals surface area contributed by atoms with E-state index in [-0.39, 0.29) is 0 Å². The molecule has 0 aromatic carbocycles. The summed E-state index contributed by atoms with van der Waals surface area (Å²) in [5.41, 5.74) is 5.51. The fraction of sp³-hybridized carbons (Fsp3) is 1.00. The Morgan fingerprint density at radius 3 is 2.75 bits per heavy atom. The Balaban J connectivity index is 2.03. The van der Waals surface area contributed by atoms with E-state index in [0.29, 0.717) is 18.8 Å². The molecule has 1 aliphatic rings. The number of hydrogen-bond donors (Lipinski definition) is 2. The summed E-state index contributed by atoms with van der Waals surface area (Å²) in [6.45, 7) is 4.92. The van der Waals surface area contributed by atoms with Gasteiger partial charge in [0.15, 0.2) is 0 Å². The van der Waals surface area contributed by atoms with Gasteiger partial charge >= 0.3 is 0 Å². The Kier molecular flexibility index (Phi) is 4.58. The van der Waals surface area contributed by atoms with Crippen LogP contribution in [-0.4, -0.2) is 31.8 Å². The van der Waals surface area contributed by atoms with E-state index >= 15 is 0 Å². The van der Waals surface area contributed by atoms with Crippen molar-refractivity contribution in [1.29, 1.82) is 0 Å². The van der Waals surface area contributed by atoms with Gasteiger partial charge in [-0.25, -0.2) is 0 Å². The molecular formula is C9H20N2O. The molecule has 0 radical (unpaired) electrons. The molecule has 72 valence electrons. The zero-order valence-electron chi connectivity index (χ0n) is 7.88. The maximum absolute atomic E-state index is 5.67. The molecule has 1 aliphatic heterocycles. The van der Waals surface area contributed by atoms with Gasteiger partial charge in [0.2, 0.25) is 0 Å². The van der Waals surface area contributed by atoms with E-state index in [1.165, 1.54) is 12.8 Å². The molecule has 0 aromatic heterocycles. The van der Waals surface area contributed by atoms with Crippen molar-refractivity contribution in [2.24, 2.45) is 5.73 Å². The normalized spacial score (nSPS) is 29.5. The molecule has 1 heterocycles. The van der Waals surface area contributed by atoms with Crippen LogP contribution in [-0.2, 0) is 4.74 Å². The van der Waals surface area contributed by atoms with Crippen LogP contribution in [0.25, 0.3) is 0 Å². The number of ether oxygens (including phenoxy) is 1. The average molecular weight is 172 g/mol. The molecular weight excluding hydrogens is 152 g/mol. The number of hydrogen-bond acceptors (Lipinski definition) is 3. The maximum Gasteiger partial charge on any atom is 0.0704 e. The van der Waals surface area contributed by atoms with Gasteiger partial charge in [0.1, 0.15) is 0 Å².